The zero-order chi connectivity index (χ0) is 20.8. The molecule has 0 fully saturated rings. The van der Waals surface area contributed by atoms with Crippen LogP contribution in [0.1, 0.15) is 86.5 Å². The van der Waals surface area contributed by atoms with E-state index < -0.39 is 0 Å². The molecule has 0 radical (unpaired) electrons. The van der Waals surface area contributed by atoms with Gasteiger partial charge < -0.3 is 0 Å². The van der Waals surface area contributed by atoms with Crippen molar-refractivity contribution in [3.8, 4) is 0 Å². The first-order valence-corrected chi connectivity index (χ1v) is 15.1. The Morgan fingerprint density at radius 3 is 1.15 bits per heavy atom. The fraction of sp³-hybridized carbons (Fsp3) is 0.905. The summed E-state index contributed by atoms with van der Waals surface area (Å²) in [4.78, 5) is 22.9. The molecule has 0 bridgehead atoms. The minimum atomic E-state index is -0.148. The summed E-state index contributed by atoms with van der Waals surface area (Å²) >= 11 is 0. The molecule has 0 unspecified atom stereocenters. The second-order valence-corrected chi connectivity index (χ2v) is 13.8. The molecule has 0 aliphatic rings. The van der Waals surface area contributed by atoms with Gasteiger partial charge in [-0.15, -0.1) is 0 Å². The van der Waals surface area contributed by atoms with Gasteiger partial charge in [-0.3, -0.25) is 9.59 Å². The molecule has 0 aromatic heterocycles. The SMILES string of the molecule is CC(=O)C(C)(C)CCCSSCCCCCSSCCCC(C)(C)C(C)=O. The first kappa shape index (κ1) is 27.7. The lowest BCUT2D eigenvalue weighted by Gasteiger charge is -2.20. The third kappa shape index (κ3) is 15.3. The number of hydrogen-bond donors (Lipinski definition) is 0. The van der Waals surface area contributed by atoms with Crippen LogP contribution in [0.2, 0.25) is 0 Å². The standard InChI is InChI=1S/C21H40O2S4/c1-18(22)20(3,4)12-10-16-26-24-14-8-7-9-15-25-27-17-11-13-21(5,6)19(2)23/h7-17H2,1-6H3. The molecule has 2 nitrogen and oxygen atoms in total. The van der Waals surface area contributed by atoms with Gasteiger partial charge in [0.25, 0.3) is 0 Å². The lowest BCUT2D eigenvalue weighted by atomic mass is 9.84. The second kappa shape index (κ2) is 15.6. The van der Waals surface area contributed by atoms with Crippen molar-refractivity contribution in [2.75, 3.05) is 23.0 Å². The molecule has 0 aliphatic heterocycles. The van der Waals surface area contributed by atoms with Crippen LogP contribution in [0.25, 0.3) is 0 Å². The van der Waals surface area contributed by atoms with E-state index in [4.69, 9.17) is 0 Å². The Balaban J connectivity index is 3.30. The Hall–Kier alpha value is 0.740. The Morgan fingerprint density at radius 2 is 0.852 bits per heavy atom. The van der Waals surface area contributed by atoms with Crippen LogP contribution in [-0.4, -0.2) is 34.6 Å². The highest BCUT2D eigenvalue weighted by molar-refractivity contribution is 8.77. The van der Waals surface area contributed by atoms with Gasteiger partial charge in [0.2, 0.25) is 0 Å². The Kier molecular flexibility index (Phi) is 16.0. The normalized spacial score (nSPS) is 12.4. The minimum absolute atomic E-state index is 0.148. The zero-order valence-corrected chi connectivity index (χ0v) is 21.5. The maximum Gasteiger partial charge on any atom is 0.135 e. The van der Waals surface area contributed by atoms with Gasteiger partial charge in [-0.2, -0.15) is 0 Å². The molecule has 0 aromatic carbocycles. The van der Waals surface area contributed by atoms with Gasteiger partial charge >= 0.3 is 0 Å². The van der Waals surface area contributed by atoms with Crippen molar-refractivity contribution < 1.29 is 9.59 Å². The van der Waals surface area contributed by atoms with Gasteiger partial charge in [-0.25, -0.2) is 0 Å². The number of rotatable bonds is 18. The van der Waals surface area contributed by atoms with Crippen LogP contribution in [0.15, 0.2) is 0 Å². The molecule has 0 rings (SSSR count). The topological polar surface area (TPSA) is 34.1 Å². The molecule has 27 heavy (non-hydrogen) atoms. The third-order valence-corrected chi connectivity index (χ3v) is 10.2. The molecule has 160 valence electrons. The monoisotopic (exact) mass is 452 g/mol. The van der Waals surface area contributed by atoms with E-state index in [1.54, 1.807) is 13.8 Å². The predicted molar refractivity (Wildman–Crippen MR) is 131 cm³/mol. The first-order chi connectivity index (χ1) is 12.6. The summed E-state index contributed by atoms with van der Waals surface area (Å²) in [5.41, 5.74) is -0.297. The highest BCUT2D eigenvalue weighted by Crippen LogP contribution is 2.30. The summed E-state index contributed by atoms with van der Waals surface area (Å²) in [6, 6.07) is 0. The predicted octanol–water partition coefficient (Wildman–Crippen LogP) is 7.71. The fourth-order valence-electron chi connectivity index (χ4n) is 2.23. The molecule has 6 heteroatoms. The van der Waals surface area contributed by atoms with Gasteiger partial charge in [-0.1, -0.05) is 77.3 Å². The summed E-state index contributed by atoms with van der Waals surface area (Å²) in [6.45, 7) is 11.6. The van der Waals surface area contributed by atoms with Gasteiger partial charge in [-0.05, 0) is 52.4 Å². The zero-order valence-electron chi connectivity index (χ0n) is 18.2. The summed E-state index contributed by atoms with van der Waals surface area (Å²) in [5.74, 6) is 5.37. The Bertz CT molecular complexity index is 384. The average Bonchev–Trinajstić information content (AvgIpc) is 2.57. The number of carbonyl (C=O) groups is 2. The van der Waals surface area contributed by atoms with Crippen LogP contribution >= 0.6 is 43.2 Å². The number of unbranched alkanes of at least 4 members (excludes halogenated alkanes) is 2. The van der Waals surface area contributed by atoms with Gasteiger partial charge in [0, 0.05) is 33.8 Å². The van der Waals surface area contributed by atoms with E-state index >= 15 is 0 Å². The smallest absolute Gasteiger partial charge is 0.135 e. The van der Waals surface area contributed by atoms with Crippen LogP contribution in [-0.2, 0) is 9.59 Å². The second-order valence-electron chi connectivity index (χ2n) is 8.44. The third-order valence-electron chi connectivity index (χ3n) is 5.09. The summed E-state index contributed by atoms with van der Waals surface area (Å²) < 4.78 is 0. The van der Waals surface area contributed by atoms with Gasteiger partial charge in [0.05, 0.1) is 0 Å². The van der Waals surface area contributed by atoms with E-state index in [2.05, 4.69) is 27.7 Å². The van der Waals surface area contributed by atoms with Crippen molar-refractivity contribution in [2.24, 2.45) is 10.8 Å². The maximum atomic E-state index is 11.5. The molecule has 0 saturated carbocycles. The van der Waals surface area contributed by atoms with Gasteiger partial charge in [0.1, 0.15) is 11.6 Å². The molecular weight excluding hydrogens is 412 g/mol. The molecule has 0 heterocycles. The van der Waals surface area contributed by atoms with Crippen LogP contribution in [0, 0.1) is 10.8 Å². The van der Waals surface area contributed by atoms with E-state index in [9.17, 15) is 9.59 Å². The molecule has 0 spiro atoms. The molecular formula is C21H40O2S4. The largest absolute Gasteiger partial charge is 0.299 e. The molecule has 0 atom stereocenters. The molecule has 0 aromatic rings. The lowest BCUT2D eigenvalue weighted by Crippen LogP contribution is -2.21. The quantitative estimate of drug-likeness (QED) is 0.156. The molecule has 0 saturated heterocycles. The summed E-state index contributed by atoms with van der Waals surface area (Å²) in [6.07, 6.45) is 8.16. The van der Waals surface area contributed by atoms with Crippen LogP contribution in [0.5, 0.6) is 0 Å². The van der Waals surface area contributed by atoms with E-state index in [1.807, 2.05) is 43.2 Å². The molecule has 0 aliphatic carbocycles. The Morgan fingerprint density at radius 1 is 0.556 bits per heavy atom. The van der Waals surface area contributed by atoms with Crippen molar-refractivity contribution in [2.45, 2.75) is 86.5 Å². The summed E-state index contributed by atoms with van der Waals surface area (Å²) in [5, 5.41) is 0. The van der Waals surface area contributed by atoms with Crippen molar-refractivity contribution in [1.29, 1.82) is 0 Å². The van der Waals surface area contributed by atoms with E-state index in [1.165, 1.54) is 30.8 Å². The summed E-state index contributed by atoms with van der Waals surface area (Å²) in [7, 11) is 7.89. The van der Waals surface area contributed by atoms with Crippen molar-refractivity contribution >= 4 is 54.7 Å². The minimum Gasteiger partial charge on any atom is -0.299 e. The van der Waals surface area contributed by atoms with Gasteiger partial charge in [0.15, 0.2) is 0 Å². The number of hydrogen-bond acceptors (Lipinski definition) is 6. The van der Waals surface area contributed by atoms with Crippen molar-refractivity contribution in [3.63, 3.8) is 0 Å². The highest BCUT2D eigenvalue weighted by Gasteiger charge is 2.23. The van der Waals surface area contributed by atoms with E-state index in [0.717, 1.165) is 37.2 Å². The fourth-order valence-corrected chi connectivity index (χ4v) is 6.70. The van der Waals surface area contributed by atoms with Crippen molar-refractivity contribution in [3.05, 3.63) is 0 Å². The van der Waals surface area contributed by atoms with Crippen LogP contribution < -0.4 is 0 Å². The van der Waals surface area contributed by atoms with E-state index in [0.29, 0.717) is 11.6 Å². The van der Waals surface area contributed by atoms with Crippen LogP contribution in [0.4, 0.5) is 0 Å². The highest BCUT2D eigenvalue weighted by atomic mass is 33.1. The molecule has 0 N–H and O–H groups in total. The number of ketones is 2. The first-order valence-electron chi connectivity index (χ1n) is 10.1. The lowest BCUT2D eigenvalue weighted by molar-refractivity contribution is -0.125. The molecule has 0 amide bonds. The van der Waals surface area contributed by atoms with Crippen molar-refractivity contribution in [1.82, 2.24) is 0 Å². The Labute approximate surface area is 184 Å². The maximum absolute atomic E-state index is 11.5. The van der Waals surface area contributed by atoms with E-state index in [-0.39, 0.29) is 10.8 Å². The number of carbonyl (C=O) groups excluding carboxylic acids is 2. The average molecular weight is 453 g/mol. The van der Waals surface area contributed by atoms with Crippen LogP contribution in [0.3, 0.4) is 0 Å². The number of Topliss-reactive ketones (excluding diaryl/α,β-unsaturated/α-hetero) is 2.